The number of hydrogen-bond donors (Lipinski definition) is 1. The first-order chi connectivity index (χ1) is 7.65. The molecule has 0 unspecified atom stereocenters. The molecule has 86 valence electrons. The fraction of sp³-hybridized carbons (Fsp3) is 0.417. The van der Waals surface area contributed by atoms with E-state index in [1.54, 1.807) is 0 Å². The Labute approximate surface area is 98.8 Å². The molecule has 1 aliphatic rings. The van der Waals surface area contributed by atoms with Gasteiger partial charge in [0.25, 0.3) is 0 Å². The molecule has 2 nitrogen and oxygen atoms in total. The van der Waals surface area contributed by atoms with E-state index in [0.29, 0.717) is 22.9 Å². The molecule has 2 rings (SSSR count). The van der Waals surface area contributed by atoms with Crippen molar-refractivity contribution < 1.29 is 9.18 Å². The minimum atomic E-state index is -0.350. The number of ketones is 1. The summed E-state index contributed by atoms with van der Waals surface area (Å²) in [6.45, 7) is 1.81. The Kier molecular flexibility index (Phi) is 3.56. The second kappa shape index (κ2) is 4.93. The van der Waals surface area contributed by atoms with Gasteiger partial charge in [0.05, 0.1) is 0 Å². The molecule has 4 heteroatoms. The van der Waals surface area contributed by atoms with Gasteiger partial charge in [-0.15, -0.1) is 0 Å². The molecule has 0 aliphatic carbocycles. The number of halogens is 2. The summed E-state index contributed by atoms with van der Waals surface area (Å²) >= 11 is 5.89. The van der Waals surface area contributed by atoms with Crippen LogP contribution in [0.3, 0.4) is 0 Å². The summed E-state index contributed by atoms with van der Waals surface area (Å²) in [6, 6.07) is 4.12. The Hall–Kier alpha value is -0.930. The normalized spacial score (nSPS) is 15.9. The van der Waals surface area contributed by atoms with Gasteiger partial charge in [0.2, 0.25) is 0 Å². The van der Waals surface area contributed by atoms with E-state index in [9.17, 15) is 9.18 Å². The highest BCUT2D eigenvalue weighted by atomic mass is 35.5. The minimum absolute atomic E-state index is 0.124. The van der Waals surface area contributed by atoms with Gasteiger partial charge >= 0.3 is 0 Å². The Morgan fingerprint density at radius 3 is 2.88 bits per heavy atom. The molecule has 0 spiro atoms. The van der Waals surface area contributed by atoms with Gasteiger partial charge in [-0.05, 0) is 42.8 Å². The highest BCUT2D eigenvalue weighted by Gasteiger charge is 2.20. The highest BCUT2D eigenvalue weighted by molar-refractivity contribution is 6.31. The number of carbonyl (C=O) groups is 1. The van der Waals surface area contributed by atoms with Crippen LogP contribution < -0.4 is 5.32 Å². The number of nitrogens with one attached hydrogen (secondary N) is 1. The second-order valence-corrected chi connectivity index (χ2v) is 4.59. The molecule has 0 saturated carbocycles. The fourth-order valence-electron chi connectivity index (χ4n) is 1.78. The van der Waals surface area contributed by atoms with Crippen LogP contribution >= 0.6 is 11.6 Å². The molecule has 1 heterocycles. The van der Waals surface area contributed by atoms with Crippen molar-refractivity contribution in [2.75, 3.05) is 13.1 Å². The molecular weight excluding hydrogens is 229 g/mol. The summed E-state index contributed by atoms with van der Waals surface area (Å²) in [5.41, 5.74) is 0.582. The van der Waals surface area contributed by atoms with E-state index in [1.807, 2.05) is 0 Å². The minimum Gasteiger partial charge on any atom is -0.316 e. The second-order valence-electron chi connectivity index (χ2n) is 4.18. The van der Waals surface area contributed by atoms with Crippen LogP contribution in [0.1, 0.15) is 12.0 Å². The third-order valence-electron chi connectivity index (χ3n) is 2.78. The zero-order valence-corrected chi connectivity index (χ0v) is 9.56. The standard InChI is InChI=1S/C12H13ClFNO/c13-12-2-1-10(14)4-9(12)5-11(16)3-8-6-15-7-8/h1-2,4,8,15H,3,5-7H2. The van der Waals surface area contributed by atoms with Gasteiger partial charge in [-0.1, -0.05) is 11.6 Å². The van der Waals surface area contributed by atoms with Crippen LogP contribution in [-0.2, 0) is 11.2 Å². The Bertz CT molecular complexity index is 404. The van der Waals surface area contributed by atoms with Crippen molar-refractivity contribution in [2.24, 2.45) is 5.92 Å². The first-order valence-electron chi connectivity index (χ1n) is 5.31. The molecular formula is C12H13ClFNO. The van der Waals surface area contributed by atoms with Crippen LogP contribution in [0.4, 0.5) is 4.39 Å². The van der Waals surface area contributed by atoms with Crippen molar-refractivity contribution in [3.05, 3.63) is 34.6 Å². The number of rotatable bonds is 4. The topological polar surface area (TPSA) is 29.1 Å². The average Bonchev–Trinajstić information content (AvgIpc) is 2.18. The number of Topliss-reactive ketones (excluding diaryl/α,β-unsaturated/α-hetero) is 1. The molecule has 16 heavy (non-hydrogen) atoms. The van der Waals surface area contributed by atoms with Gasteiger partial charge in [-0.3, -0.25) is 4.79 Å². The molecule has 0 atom stereocenters. The summed E-state index contributed by atoms with van der Waals surface area (Å²) in [6.07, 6.45) is 0.785. The van der Waals surface area contributed by atoms with Crippen LogP contribution in [0.2, 0.25) is 5.02 Å². The fourth-order valence-corrected chi connectivity index (χ4v) is 1.96. The maximum atomic E-state index is 13.0. The molecule has 0 aromatic heterocycles. The van der Waals surface area contributed by atoms with Crippen LogP contribution in [0.5, 0.6) is 0 Å². The first kappa shape index (κ1) is 11.6. The molecule has 0 amide bonds. The van der Waals surface area contributed by atoms with Gasteiger partial charge in [-0.2, -0.15) is 0 Å². The van der Waals surface area contributed by atoms with Crippen molar-refractivity contribution in [3.8, 4) is 0 Å². The third-order valence-corrected chi connectivity index (χ3v) is 3.15. The lowest BCUT2D eigenvalue weighted by atomic mass is 9.94. The maximum absolute atomic E-state index is 13.0. The van der Waals surface area contributed by atoms with Crippen LogP contribution in [0.25, 0.3) is 0 Å². The molecule has 1 saturated heterocycles. The number of carbonyl (C=O) groups excluding carboxylic acids is 1. The predicted octanol–water partition coefficient (Wildman–Crippen LogP) is 2.20. The predicted molar refractivity (Wildman–Crippen MR) is 61.1 cm³/mol. The van der Waals surface area contributed by atoms with Crippen molar-refractivity contribution >= 4 is 17.4 Å². The summed E-state index contributed by atoms with van der Waals surface area (Å²) in [5.74, 6) is 0.219. The van der Waals surface area contributed by atoms with Gasteiger partial charge in [0.1, 0.15) is 11.6 Å². The van der Waals surface area contributed by atoms with E-state index in [4.69, 9.17) is 11.6 Å². The van der Waals surface area contributed by atoms with E-state index in [1.165, 1.54) is 18.2 Å². The monoisotopic (exact) mass is 241 g/mol. The lowest BCUT2D eigenvalue weighted by Gasteiger charge is -2.26. The zero-order chi connectivity index (χ0) is 11.5. The quantitative estimate of drug-likeness (QED) is 0.876. The van der Waals surface area contributed by atoms with Crippen molar-refractivity contribution in [2.45, 2.75) is 12.8 Å². The van der Waals surface area contributed by atoms with E-state index in [-0.39, 0.29) is 18.0 Å². The van der Waals surface area contributed by atoms with Gasteiger partial charge in [0, 0.05) is 17.9 Å². The summed E-state index contributed by atoms with van der Waals surface area (Å²) in [4.78, 5) is 11.7. The van der Waals surface area contributed by atoms with E-state index >= 15 is 0 Å². The third kappa shape index (κ3) is 2.80. The van der Waals surface area contributed by atoms with Gasteiger partial charge in [0.15, 0.2) is 0 Å². The zero-order valence-electron chi connectivity index (χ0n) is 8.80. The molecule has 0 radical (unpaired) electrons. The molecule has 1 aliphatic heterocycles. The van der Waals surface area contributed by atoms with Crippen LogP contribution in [0, 0.1) is 11.7 Å². The van der Waals surface area contributed by atoms with Crippen LogP contribution in [-0.4, -0.2) is 18.9 Å². The largest absolute Gasteiger partial charge is 0.316 e. The smallest absolute Gasteiger partial charge is 0.137 e. The van der Waals surface area contributed by atoms with Crippen molar-refractivity contribution in [3.63, 3.8) is 0 Å². The highest BCUT2D eigenvalue weighted by Crippen LogP contribution is 2.19. The molecule has 1 aromatic carbocycles. The Morgan fingerprint density at radius 1 is 1.50 bits per heavy atom. The summed E-state index contributed by atoms with van der Waals surface area (Å²) < 4.78 is 13.0. The number of benzene rings is 1. The lowest BCUT2D eigenvalue weighted by Crippen LogP contribution is -2.43. The van der Waals surface area contributed by atoms with E-state index < -0.39 is 0 Å². The van der Waals surface area contributed by atoms with Crippen molar-refractivity contribution in [1.82, 2.24) is 5.32 Å². The summed E-state index contributed by atoms with van der Waals surface area (Å²) in [5, 5.41) is 3.57. The van der Waals surface area contributed by atoms with E-state index in [2.05, 4.69) is 5.32 Å². The SMILES string of the molecule is O=C(Cc1cc(F)ccc1Cl)CC1CNC1. The lowest BCUT2D eigenvalue weighted by molar-refractivity contribution is -0.119. The van der Waals surface area contributed by atoms with Gasteiger partial charge in [-0.25, -0.2) is 4.39 Å². The Morgan fingerprint density at radius 2 is 2.25 bits per heavy atom. The van der Waals surface area contributed by atoms with Crippen molar-refractivity contribution in [1.29, 1.82) is 0 Å². The molecule has 1 fully saturated rings. The number of hydrogen-bond acceptors (Lipinski definition) is 2. The van der Waals surface area contributed by atoms with Crippen LogP contribution in [0.15, 0.2) is 18.2 Å². The Balaban J connectivity index is 1.96. The molecule has 1 N–H and O–H groups in total. The first-order valence-corrected chi connectivity index (χ1v) is 5.69. The molecule has 1 aromatic rings. The molecule has 0 bridgehead atoms. The van der Waals surface area contributed by atoms with Gasteiger partial charge < -0.3 is 5.32 Å². The average molecular weight is 242 g/mol. The summed E-state index contributed by atoms with van der Waals surface area (Å²) in [7, 11) is 0. The van der Waals surface area contributed by atoms with E-state index in [0.717, 1.165) is 13.1 Å². The maximum Gasteiger partial charge on any atom is 0.137 e.